The second-order valence-corrected chi connectivity index (χ2v) is 6.24. The highest BCUT2D eigenvalue weighted by molar-refractivity contribution is 5.95. The second kappa shape index (κ2) is 10.0. The van der Waals surface area contributed by atoms with Crippen molar-refractivity contribution in [2.24, 2.45) is 5.73 Å². The van der Waals surface area contributed by atoms with Crippen LogP contribution in [0, 0.1) is 0 Å². The molecule has 0 aromatic heterocycles. The molecule has 2 aromatic rings. The van der Waals surface area contributed by atoms with E-state index in [0.29, 0.717) is 29.5 Å². The Balaban J connectivity index is 0.00000338. The Bertz CT molecular complexity index is 695. The average molecular weight is 379 g/mol. The minimum Gasteiger partial charge on any atom is -0.497 e. The normalized spacial score (nSPS) is 11.5. The van der Waals surface area contributed by atoms with Crippen LogP contribution in [-0.2, 0) is 0 Å². The molecule has 0 aliphatic rings. The third-order valence-corrected chi connectivity index (χ3v) is 4.13. The number of carbonyl (C=O) groups is 1. The maximum Gasteiger partial charge on any atom is 0.251 e. The quantitative estimate of drug-likeness (QED) is 0.770. The summed E-state index contributed by atoms with van der Waals surface area (Å²) in [6.07, 6.45) is 0. The zero-order valence-electron chi connectivity index (χ0n) is 15.6. The first-order valence-electron chi connectivity index (χ1n) is 8.31. The predicted molar refractivity (Wildman–Crippen MR) is 107 cm³/mol. The van der Waals surface area contributed by atoms with Gasteiger partial charge in [-0.3, -0.25) is 4.79 Å². The molecule has 26 heavy (non-hydrogen) atoms. The summed E-state index contributed by atoms with van der Waals surface area (Å²) in [7, 11) is 3.10. The van der Waals surface area contributed by atoms with Gasteiger partial charge in [0.25, 0.3) is 5.91 Å². The zero-order valence-corrected chi connectivity index (χ0v) is 16.4. The standard InChI is InChI=1S/C20H26N2O3.ClH/c1-13(2)14-5-7-15(8-6-14)19(21)12-22-20(23)16-9-17(24-3)11-18(10-16)25-4;/h5-11,13,19H,12,21H2,1-4H3,(H,22,23);1H. The number of nitrogens with two attached hydrogens (primary N) is 1. The summed E-state index contributed by atoms with van der Waals surface area (Å²) in [4.78, 5) is 12.4. The van der Waals surface area contributed by atoms with Gasteiger partial charge in [0.15, 0.2) is 0 Å². The zero-order chi connectivity index (χ0) is 18.4. The van der Waals surface area contributed by atoms with Crippen LogP contribution >= 0.6 is 12.4 Å². The molecule has 142 valence electrons. The van der Waals surface area contributed by atoms with E-state index in [1.807, 2.05) is 12.1 Å². The monoisotopic (exact) mass is 378 g/mol. The molecular formula is C20H27ClN2O3. The molecule has 1 unspecified atom stereocenters. The molecule has 5 nitrogen and oxygen atoms in total. The Hall–Kier alpha value is -2.24. The summed E-state index contributed by atoms with van der Waals surface area (Å²) in [5.41, 5.74) is 8.93. The average Bonchev–Trinajstić information content (AvgIpc) is 2.65. The summed E-state index contributed by atoms with van der Waals surface area (Å²) in [6, 6.07) is 13.0. The lowest BCUT2D eigenvalue weighted by atomic mass is 9.99. The van der Waals surface area contributed by atoms with Crippen LogP contribution in [0.15, 0.2) is 42.5 Å². The molecule has 0 spiro atoms. The number of carbonyl (C=O) groups excluding carboxylic acids is 1. The van der Waals surface area contributed by atoms with Crippen LogP contribution in [0.3, 0.4) is 0 Å². The van der Waals surface area contributed by atoms with E-state index in [9.17, 15) is 4.79 Å². The Labute approximate surface area is 161 Å². The molecule has 1 amide bonds. The highest BCUT2D eigenvalue weighted by Gasteiger charge is 2.12. The fourth-order valence-corrected chi connectivity index (χ4v) is 2.49. The van der Waals surface area contributed by atoms with E-state index >= 15 is 0 Å². The van der Waals surface area contributed by atoms with Gasteiger partial charge < -0.3 is 20.5 Å². The topological polar surface area (TPSA) is 73.6 Å². The SMILES string of the molecule is COc1cc(OC)cc(C(=O)NCC(N)c2ccc(C(C)C)cc2)c1.Cl. The van der Waals surface area contributed by atoms with Crippen molar-refractivity contribution in [2.45, 2.75) is 25.8 Å². The summed E-state index contributed by atoms with van der Waals surface area (Å²) in [6.45, 7) is 4.65. The van der Waals surface area contributed by atoms with Crippen molar-refractivity contribution >= 4 is 18.3 Å². The van der Waals surface area contributed by atoms with E-state index in [0.717, 1.165) is 5.56 Å². The van der Waals surface area contributed by atoms with E-state index in [-0.39, 0.29) is 24.4 Å². The van der Waals surface area contributed by atoms with Gasteiger partial charge in [0.05, 0.1) is 14.2 Å². The lowest BCUT2D eigenvalue weighted by molar-refractivity contribution is 0.0950. The van der Waals surface area contributed by atoms with Crippen LogP contribution in [-0.4, -0.2) is 26.7 Å². The van der Waals surface area contributed by atoms with Crippen molar-refractivity contribution in [3.63, 3.8) is 0 Å². The molecule has 3 N–H and O–H groups in total. The van der Waals surface area contributed by atoms with E-state index in [4.69, 9.17) is 15.2 Å². The summed E-state index contributed by atoms with van der Waals surface area (Å²) in [5.74, 6) is 1.40. The van der Waals surface area contributed by atoms with E-state index in [1.165, 1.54) is 5.56 Å². The van der Waals surface area contributed by atoms with Crippen LogP contribution in [0.2, 0.25) is 0 Å². The van der Waals surface area contributed by atoms with Crippen molar-refractivity contribution in [1.29, 1.82) is 0 Å². The number of rotatable bonds is 7. The number of hydrogen-bond donors (Lipinski definition) is 2. The van der Waals surface area contributed by atoms with Crippen molar-refractivity contribution in [3.05, 3.63) is 59.2 Å². The van der Waals surface area contributed by atoms with Crippen LogP contribution in [0.25, 0.3) is 0 Å². The lowest BCUT2D eigenvalue weighted by Crippen LogP contribution is -2.31. The number of amides is 1. The molecule has 1 atom stereocenters. The van der Waals surface area contributed by atoms with Gasteiger partial charge in [0, 0.05) is 24.2 Å². The third kappa shape index (κ3) is 5.64. The molecule has 0 bridgehead atoms. The molecule has 0 heterocycles. The van der Waals surface area contributed by atoms with Gasteiger partial charge in [-0.15, -0.1) is 12.4 Å². The fraction of sp³-hybridized carbons (Fsp3) is 0.350. The van der Waals surface area contributed by atoms with Crippen molar-refractivity contribution in [2.75, 3.05) is 20.8 Å². The van der Waals surface area contributed by atoms with Gasteiger partial charge in [-0.1, -0.05) is 38.1 Å². The van der Waals surface area contributed by atoms with Crippen LogP contribution in [0.1, 0.15) is 47.3 Å². The molecule has 0 aliphatic carbocycles. The number of hydrogen-bond acceptors (Lipinski definition) is 4. The van der Waals surface area contributed by atoms with Crippen molar-refractivity contribution in [1.82, 2.24) is 5.32 Å². The highest BCUT2D eigenvalue weighted by Crippen LogP contribution is 2.22. The first kappa shape index (κ1) is 21.8. The van der Waals surface area contributed by atoms with Gasteiger partial charge >= 0.3 is 0 Å². The fourth-order valence-electron chi connectivity index (χ4n) is 2.49. The predicted octanol–water partition coefficient (Wildman–Crippen LogP) is 3.68. The number of methoxy groups -OCH3 is 2. The van der Waals surface area contributed by atoms with Crippen LogP contribution < -0.4 is 20.5 Å². The Morgan fingerprint density at radius 2 is 1.50 bits per heavy atom. The van der Waals surface area contributed by atoms with Gasteiger partial charge in [-0.25, -0.2) is 0 Å². The molecule has 2 rings (SSSR count). The number of halogens is 1. The molecule has 0 radical (unpaired) electrons. The summed E-state index contributed by atoms with van der Waals surface area (Å²) < 4.78 is 10.4. The molecule has 0 aliphatic heterocycles. The highest BCUT2D eigenvalue weighted by atomic mass is 35.5. The van der Waals surface area contributed by atoms with E-state index in [2.05, 4.69) is 31.3 Å². The van der Waals surface area contributed by atoms with Gasteiger partial charge in [-0.2, -0.15) is 0 Å². The van der Waals surface area contributed by atoms with Gasteiger partial charge in [0.2, 0.25) is 0 Å². The maximum atomic E-state index is 12.4. The first-order valence-corrected chi connectivity index (χ1v) is 8.31. The third-order valence-electron chi connectivity index (χ3n) is 4.13. The first-order chi connectivity index (χ1) is 11.9. The number of ether oxygens (including phenoxy) is 2. The number of benzene rings is 2. The van der Waals surface area contributed by atoms with Crippen LogP contribution in [0.5, 0.6) is 11.5 Å². The maximum absolute atomic E-state index is 12.4. The summed E-state index contributed by atoms with van der Waals surface area (Å²) in [5, 5.41) is 2.86. The van der Waals surface area contributed by atoms with Crippen molar-refractivity contribution < 1.29 is 14.3 Å². The number of nitrogens with one attached hydrogen (secondary N) is 1. The second-order valence-electron chi connectivity index (χ2n) is 6.24. The van der Waals surface area contributed by atoms with E-state index < -0.39 is 0 Å². The minimum atomic E-state index is -0.266. The molecule has 0 saturated carbocycles. The molecule has 0 saturated heterocycles. The smallest absolute Gasteiger partial charge is 0.251 e. The van der Waals surface area contributed by atoms with Crippen LogP contribution in [0.4, 0.5) is 0 Å². The Kier molecular flexibility index (Phi) is 8.42. The molecule has 6 heteroatoms. The Morgan fingerprint density at radius 1 is 1.00 bits per heavy atom. The van der Waals surface area contributed by atoms with Crippen molar-refractivity contribution in [3.8, 4) is 11.5 Å². The minimum absolute atomic E-state index is 0. The van der Waals surface area contributed by atoms with Gasteiger partial charge in [0.1, 0.15) is 11.5 Å². The van der Waals surface area contributed by atoms with E-state index in [1.54, 1.807) is 32.4 Å². The largest absolute Gasteiger partial charge is 0.497 e. The molecule has 2 aromatic carbocycles. The summed E-state index contributed by atoms with van der Waals surface area (Å²) >= 11 is 0. The Morgan fingerprint density at radius 3 is 1.96 bits per heavy atom. The molecule has 0 fully saturated rings. The lowest BCUT2D eigenvalue weighted by Gasteiger charge is -2.15. The van der Waals surface area contributed by atoms with Gasteiger partial charge in [-0.05, 0) is 29.2 Å². The molecular weight excluding hydrogens is 352 g/mol.